The van der Waals surface area contributed by atoms with Gasteiger partial charge < -0.3 is 10.2 Å². The van der Waals surface area contributed by atoms with E-state index >= 15 is 0 Å². The molecule has 0 bridgehead atoms. The SMILES string of the molecule is CCCCCCC[C@@H]1[C@@H](CC[C@@H](O)CCc2ccccc2)CC[C@@H]1O. The van der Waals surface area contributed by atoms with Crippen molar-refractivity contribution >= 4 is 0 Å². The van der Waals surface area contributed by atoms with Gasteiger partial charge in [0.05, 0.1) is 12.2 Å². The topological polar surface area (TPSA) is 40.5 Å². The minimum Gasteiger partial charge on any atom is -0.393 e. The fourth-order valence-electron chi connectivity index (χ4n) is 4.43. The van der Waals surface area contributed by atoms with Crippen molar-refractivity contribution in [2.75, 3.05) is 0 Å². The van der Waals surface area contributed by atoms with Crippen LogP contribution in [0.4, 0.5) is 0 Å². The van der Waals surface area contributed by atoms with Crippen LogP contribution in [0.3, 0.4) is 0 Å². The molecular formula is C23H38O2. The highest BCUT2D eigenvalue weighted by Crippen LogP contribution is 2.39. The first-order valence-corrected chi connectivity index (χ1v) is 10.6. The predicted molar refractivity (Wildman–Crippen MR) is 106 cm³/mol. The van der Waals surface area contributed by atoms with Crippen molar-refractivity contribution in [2.45, 2.75) is 96.2 Å². The van der Waals surface area contributed by atoms with Crippen LogP contribution in [0.15, 0.2) is 30.3 Å². The summed E-state index contributed by atoms with van der Waals surface area (Å²) in [4.78, 5) is 0. The normalized spacial score (nSPS) is 24.5. The fraction of sp³-hybridized carbons (Fsp3) is 0.739. The van der Waals surface area contributed by atoms with Gasteiger partial charge in [-0.1, -0.05) is 69.4 Å². The first-order chi connectivity index (χ1) is 12.2. The molecule has 0 aromatic heterocycles. The molecule has 1 saturated carbocycles. The van der Waals surface area contributed by atoms with Crippen LogP contribution >= 0.6 is 0 Å². The van der Waals surface area contributed by atoms with Gasteiger partial charge in [-0.25, -0.2) is 0 Å². The van der Waals surface area contributed by atoms with Crippen LogP contribution in [-0.4, -0.2) is 22.4 Å². The Labute approximate surface area is 154 Å². The number of hydrogen-bond acceptors (Lipinski definition) is 2. The predicted octanol–water partition coefficient (Wildman–Crippen LogP) is 5.51. The number of aliphatic hydroxyl groups is 2. The highest BCUT2D eigenvalue weighted by molar-refractivity contribution is 5.14. The van der Waals surface area contributed by atoms with Crippen LogP contribution in [-0.2, 0) is 6.42 Å². The Balaban J connectivity index is 1.65. The molecule has 2 nitrogen and oxygen atoms in total. The lowest BCUT2D eigenvalue weighted by molar-refractivity contribution is 0.0974. The third kappa shape index (κ3) is 7.50. The number of aryl methyl sites for hydroxylation is 1. The largest absolute Gasteiger partial charge is 0.393 e. The van der Waals surface area contributed by atoms with Crippen LogP contribution in [0.5, 0.6) is 0 Å². The van der Waals surface area contributed by atoms with Gasteiger partial charge >= 0.3 is 0 Å². The van der Waals surface area contributed by atoms with E-state index in [1.165, 1.54) is 44.1 Å². The maximum Gasteiger partial charge on any atom is 0.0571 e. The van der Waals surface area contributed by atoms with E-state index in [-0.39, 0.29) is 12.2 Å². The number of aliphatic hydroxyl groups excluding tert-OH is 2. The number of unbranched alkanes of at least 4 members (excludes halogenated alkanes) is 4. The molecule has 0 heterocycles. The Bertz CT molecular complexity index is 445. The van der Waals surface area contributed by atoms with Crippen molar-refractivity contribution in [1.29, 1.82) is 0 Å². The Kier molecular flexibility index (Phi) is 9.57. The second-order valence-corrected chi connectivity index (χ2v) is 8.03. The average molecular weight is 347 g/mol. The maximum absolute atomic E-state index is 10.3. The summed E-state index contributed by atoms with van der Waals surface area (Å²) >= 11 is 0. The summed E-state index contributed by atoms with van der Waals surface area (Å²) in [6.07, 6.45) is 13.3. The zero-order valence-corrected chi connectivity index (χ0v) is 16.1. The Morgan fingerprint density at radius 1 is 0.960 bits per heavy atom. The molecule has 1 aliphatic carbocycles. The molecule has 4 atom stereocenters. The van der Waals surface area contributed by atoms with Gasteiger partial charge in [0.15, 0.2) is 0 Å². The van der Waals surface area contributed by atoms with Crippen molar-refractivity contribution in [2.24, 2.45) is 11.8 Å². The zero-order chi connectivity index (χ0) is 17.9. The molecule has 0 spiro atoms. The standard InChI is InChI=1S/C23H38O2/c1-2-3-4-5-9-12-22-20(15-18-23(22)25)14-17-21(24)16-13-19-10-7-6-8-11-19/h6-8,10-11,20-25H,2-5,9,12-18H2,1H3/t20-,21-,22+,23-/m0/s1. The van der Waals surface area contributed by atoms with Gasteiger partial charge in [0, 0.05) is 0 Å². The van der Waals surface area contributed by atoms with Crippen molar-refractivity contribution in [3.05, 3.63) is 35.9 Å². The Morgan fingerprint density at radius 3 is 2.48 bits per heavy atom. The molecule has 25 heavy (non-hydrogen) atoms. The van der Waals surface area contributed by atoms with Gasteiger partial charge in [-0.15, -0.1) is 0 Å². The lowest BCUT2D eigenvalue weighted by atomic mass is 9.85. The van der Waals surface area contributed by atoms with Crippen LogP contribution < -0.4 is 0 Å². The molecule has 142 valence electrons. The van der Waals surface area contributed by atoms with Gasteiger partial charge in [-0.05, 0) is 62.3 Å². The van der Waals surface area contributed by atoms with Crippen LogP contribution in [0, 0.1) is 11.8 Å². The second kappa shape index (κ2) is 11.7. The molecule has 2 N–H and O–H groups in total. The third-order valence-electron chi connectivity index (χ3n) is 6.05. The van der Waals surface area contributed by atoms with Gasteiger partial charge in [0.1, 0.15) is 0 Å². The molecule has 0 unspecified atom stereocenters. The lowest BCUT2D eigenvalue weighted by Crippen LogP contribution is -2.20. The first-order valence-electron chi connectivity index (χ1n) is 10.6. The van der Waals surface area contributed by atoms with Crippen molar-refractivity contribution in [1.82, 2.24) is 0 Å². The van der Waals surface area contributed by atoms with E-state index in [2.05, 4.69) is 31.2 Å². The van der Waals surface area contributed by atoms with Crippen LogP contribution in [0.1, 0.15) is 83.1 Å². The molecule has 1 fully saturated rings. The highest BCUT2D eigenvalue weighted by atomic mass is 16.3. The second-order valence-electron chi connectivity index (χ2n) is 8.03. The van der Waals surface area contributed by atoms with Crippen LogP contribution in [0.25, 0.3) is 0 Å². The third-order valence-corrected chi connectivity index (χ3v) is 6.05. The summed E-state index contributed by atoms with van der Waals surface area (Å²) < 4.78 is 0. The van der Waals surface area contributed by atoms with E-state index in [9.17, 15) is 10.2 Å². The van der Waals surface area contributed by atoms with Gasteiger partial charge in [-0.2, -0.15) is 0 Å². The summed E-state index contributed by atoms with van der Waals surface area (Å²) in [6.45, 7) is 2.25. The number of benzene rings is 1. The first kappa shape index (κ1) is 20.5. The van der Waals surface area contributed by atoms with Crippen molar-refractivity contribution < 1.29 is 10.2 Å². The molecule has 0 saturated heterocycles. The van der Waals surface area contributed by atoms with E-state index in [1.807, 2.05) is 6.07 Å². The summed E-state index contributed by atoms with van der Waals surface area (Å²) in [6, 6.07) is 10.4. The van der Waals surface area contributed by atoms with Crippen molar-refractivity contribution in [3.8, 4) is 0 Å². The molecule has 0 radical (unpaired) electrons. The van der Waals surface area contributed by atoms with E-state index in [4.69, 9.17) is 0 Å². The van der Waals surface area contributed by atoms with Gasteiger partial charge in [-0.3, -0.25) is 0 Å². The lowest BCUT2D eigenvalue weighted by Gasteiger charge is -2.23. The summed E-state index contributed by atoms with van der Waals surface area (Å²) in [5, 5.41) is 20.7. The molecule has 0 amide bonds. The summed E-state index contributed by atoms with van der Waals surface area (Å²) in [7, 11) is 0. The highest BCUT2D eigenvalue weighted by Gasteiger charge is 2.34. The number of rotatable bonds is 12. The Morgan fingerprint density at radius 2 is 1.72 bits per heavy atom. The molecule has 1 aromatic carbocycles. The molecular weight excluding hydrogens is 308 g/mol. The quantitative estimate of drug-likeness (QED) is 0.490. The molecule has 2 rings (SSSR count). The van der Waals surface area contributed by atoms with Crippen LogP contribution in [0.2, 0.25) is 0 Å². The molecule has 1 aliphatic rings. The van der Waals surface area contributed by atoms with Crippen molar-refractivity contribution in [3.63, 3.8) is 0 Å². The maximum atomic E-state index is 10.3. The summed E-state index contributed by atoms with van der Waals surface area (Å²) in [5.41, 5.74) is 1.31. The minimum atomic E-state index is -0.205. The van der Waals surface area contributed by atoms with E-state index < -0.39 is 0 Å². The molecule has 2 heteroatoms. The Hall–Kier alpha value is -0.860. The fourth-order valence-corrected chi connectivity index (χ4v) is 4.43. The van der Waals surface area contributed by atoms with E-state index in [1.54, 1.807) is 0 Å². The zero-order valence-electron chi connectivity index (χ0n) is 16.1. The smallest absolute Gasteiger partial charge is 0.0571 e. The average Bonchev–Trinajstić information content (AvgIpc) is 2.99. The molecule has 1 aromatic rings. The molecule has 0 aliphatic heterocycles. The summed E-state index contributed by atoms with van der Waals surface area (Å²) in [5.74, 6) is 1.09. The van der Waals surface area contributed by atoms with E-state index in [0.29, 0.717) is 11.8 Å². The minimum absolute atomic E-state index is 0.0994. The van der Waals surface area contributed by atoms with E-state index in [0.717, 1.165) is 38.5 Å². The van der Waals surface area contributed by atoms with Gasteiger partial charge in [0.25, 0.3) is 0 Å². The van der Waals surface area contributed by atoms with Gasteiger partial charge in [0.2, 0.25) is 0 Å². The monoisotopic (exact) mass is 346 g/mol. The number of hydrogen-bond donors (Lipinski definition) is 2.